The first kappa shape index (κ1) is 22.7. The second kappa shape index (κ2) is 7.92. The molecule has 18 heteroatoms. The summed E-state index contributed by atoms with van der Waals surface area (Å²) < 4.78 is 78.8. The summed E-state index contributed by atoms with van der Waals surface area (Å²) >= 11 is 0. The van der Waals surface area contributed by atoms with E-state index < -0.39 is 75.6 Å². The molecule has 0 fully saturated rings. The van der Waals surface area contributed by atoms with Crippen LogP contribution in [0.15, 0.2) is 57.9 Å². The third-order valence-corrected chi connectivity index (χ3v) is 5.04. The first-order chi connectivity index (χ1) is 14.8. The van der Waals surface area contributed by atoms with Crippen molar-refractivity contribution in [3.63, 3.8) is 0 Å². The molecule has 0 saturated heterocycles. The number of hydrogen-bond acceptors (Lipinski definition) is 11. The smallest absolute Gasteiger partial charge is 0.328 e. The molecule has 0 radical (unpaired) electrons. The quantitative estimate of drug-likeness (QED) is 0.118. The first-order valence-corrected chi connectivity index (χ1v) is 10.8. The Morgan fingerprint density at radius 3 is 1.97 bits per heavy atom. The molecule has 0 spiro atoms. The molecule has 0 saturated carbocycles. The van der Waals surface area contributed by atoms with Crippen LogP contribution in [0.25, 0.3) is 22.8 Å². The maximum absolute atomic E-state index is 11.7. The molecule has 0 aliphatic rings. The van der Waals surface area contributed by atoms with Gasteiger partial charge >= 0.3 is 25.9 Å². The van der Waals surface area contributed by atoms with Crippen molar-refractivity contribution in [1.82, 2.24) is 0 Å². The minimum atomic E-state index is -4.81. The summed E-state index contributed by atoms with van der Waals surface area (Å²) in [5, 5.41) is 16.6. The summed E-state index contributed by atoms with van der Waals surface area (Å²) in [4.78, 5) is 10.8. The van der Waals surface area contributed by atoms with Gasteiger partial charge in [-0.15, -0.1) is 5.10 Å². The minimum Gasteiger partial charge on any atom is -0.443 e. The molecule has 3 heterocycles. The standard InChI is InChI=1S/C14H11N5O11S2/c15-14(16)18-17-5-8-12(19(20)21)11(6-1-3-9(28-6)31(22,23)24)13(30-8)7-2-4-10(29-7)32(25,26)27/h1-5H,(H4,15,16,18)(H,22,23,24)(H,25,26,27)/b17-5-. The van der Waals surface area contributed by atoms with Gasteiger partial charge in [0.05, 0.1) is 11.1 Å². The third-order valence-electron chi connectivity index (χ3n) is 3.58. The molecule has 0 bridgehead atoms. The van der Waals surface area contributed by atoms with E-state index in [9.17, 15) is 26.9 Å². The third kappa shape index (κ3) is 4.51. The summed E-state index contributed by atoms with van der Waals surface area (Å²) in [5.74, 6) is -2.46. The van der Waals surface area contributed by atoms with Gasteiger partial charge in [-0.2, -0.15) is 21.9 Å². The van der Waals surface area contributed by atoms with Crippen LogP contribution in [0.1, 0.15) is 5.76 Å². The van der Waals surface area contributed by atoms with Crippen LogP contribution in [0.2, 0.25) is 0 Å². The van der Waals surface area contributed by atoms with Crippen LogP contribution in [-0.2, 0) is 20.2 Å². The molecule has 0 aliphatic heterocycles. The second-order valence-corrected chi connectivity index (χ2v) is 8.44. The molecular weight excluding hydrogens is 478 g/mol. The lowest BCUT2D eigenvalue weighted by Crippen LogP contribution is -2.21. The number of furan rings is 3. The molecule has 6 N–H and O–H groups in total. The number of rotatable bonds is 7. The molecule has 0 atom stereocenters. The van der Waals surface area contributed by atoms with Gasteiger partial charge in [-0.3, -0.25) is 19.2 Å². The van der Waals surface area contributed by atoms with Gasteiger partial charge < -0.3 is 24.7 Å². The van der Waals surface area contributed by atoms with Gasteiger partial charge in [0.1, 0.15) is 11.3 Å². The van der Waals surface area contributed by atoms with E-state index in [1.54, 1.807) is 0 Å². The van der Waals surface area contributed by atoms with Gasteiger partial charge in [-0.1, -0.05) is 0 Å². The average Bonchev–Trinajstić information content (AvgIpc) is 3.37. The highest BCUT2D eigenvalue weighted by Gasteiger charge is 2.35. The van der Waals surface area contributed by atoms with Crippen molar-refractivity contribution in [2.45, 2.75) is 10.2 Å². The Morgan fingerprint density at radius 2 is 1.50 bits per heavy atom. The van der Waals surface area contributed by atoms with E-state index in [0.717, 1.165) is 30.5 Å². The Hall–Kier alpha value is -4.00. The zero-order valence-electron chi connectivity index (χ0n) is 15.3. The van der Waals surface area contributed by atoms with Crippen LogP contribution in [0.5, 0.6) is 0 Å². The summed E-state index contributed by atoms with van der Waals surface area (Å²) in [6.07, 6.45) is 0.740. The van der Waals surface area contributed by atoms with E-state index in [4.69, 9.17) is 33.8 Å². The van der Waals surface area contributed by atoms with Crippen molar-refractivity contribution in [1.29, 1.82) is 0 Å². The Morgan fingerprint density at radius 1 is 0.969 bits per heavy atom. The fourth-order valence-corrected chi connectivity index (χ4v) is 3.30. The van der Waals surface area contributed by atoms with E-state index in [-0.39, 0.29) is 0 Å². The molecule has 0 unspecified atom stereocenters. The Bertz CT molecular complexity index is 1470. The van der Waals surface area contributed by atoms with Crippen LogP contribution in [0.3, 0.4) is 0 Å². The van der Waals surface area contributed by atoms with Crippen LogP contribution >= 0.6 is 0 Å². The predicted octanol–water partition coefficient (Wildman–Crippen LogP) is 0.809. The van der Waals surface area contributed by atoms with Crippen molar-refractivity contribution in [2.75, 3.05) is 0 Å². The van der Waals surface area contributed by atoms with Crippen molar-refractivity contribution in [3.8, 4) is 22.8 Å². The summed E-state index contributed by atoms with van der Waals surface area (Å²) in [6, 6.07) is 3.61. The molecule has 16 nitrogen and oxygen atoms in total. The normalized spacial score (nSPS) is 12.3. The average molecular weight is 489 g/mol. The number of nitrogens with two attached hydrogens (primary N) is 2. The van der Waals surface area contributed by atoms with E-state index in [0.29, 0.717) is 0 Å². The highest BCUT2D eigenvalue weighted by atomic mass is 32.2. The molecule has 3 aromatic heterocycles. The molecule has 0 aliphatic carbocycles. The number of guanidine groups is 1. The maximum atomic E-state index is 11.7. The topological polar surface area (TPSA) is 268 Å². The minimum absolute atomic E-state index is 0.429. The van der Waals surface area contributed by atoms with Crippen LogP contribution in [-0.4, -0.2) is 43.0 Å². The van der Waals surface area contributed by atoms with Crippen molar-refractivity contribution in [3.05, 3.63) is 40.1 Å². The number of hydrogen-bond donors (Lipinski definition) is 4. The lowest BCUT2D eigenvalue weighted by atomic mass is 10.1. The molecule has 0 amide bonds. The highest BCUT2D eigenvalue weighted by Crippen LogP contribution is 2.45. The van der Waals surface area contributed by atoms with Gasteiger partial charge in [0, 0.05) is 0 Å². The molecule has 0 aromatic carbocycles. The van der Waals surface area contributed by atoms with E-state index in [1.807, 2.05) is 0 Å². The number of nitro groups is 1. The van der Waals surface area contributed by atoms with E-state index in [2.05, 4.69) is 10.2 Å². The van der Waals surface area contributed by atoms with Gasteiger partial charge in [-0.05, 0) is 24.3 Å². The highest BCUT2D eigenvalue weighted by molar-refractivity contribution is 7.85. The SMILES string of the molecule is NC(N)=N/N=C\c1oc(-c2ccc(S(=O)(=O)O)o2)c(-c2ccc(S(=O)(=O)O)o2)c1[N+](=O)[O-]. The fraction of sp³-hybridized carbons (Fsp3) is 0. The Kier molecular flexibility index (Phi) is 5.61. The maximum Gasteiger partial charge on any atom is 0.328 e. The van der Waals surface area contributed by atoms with Gasteiger partial charge in [0.25, 0.3) is 0 Å². The first-order valence-electron chi connectivity index (χ1n) is 7.87. The van der Waals surface area contributed by atoms with Gasteiger partial charge in [0.2, 0.25) is 21.9 Å². The Labute approximate surface area is 177 Å². The van der Waals surface area contributed by atoms with E-state index >= 15 is 0 Å². The summed E-state index contributed by atoms with van der Waals surface area (Å²) in [6.45, 7) is 0. The van der Waals surface area contributed by atoms with Crippen LogP contribution in [0, 0.1) is 10.1 Å². The van der Waals surface area contributed by atoms with Gasteiger partial charge in [-0.25, -0.2) is 0 Å². The van der Waals surface area contributed by atoms with Gasteiger partial charge in [0.15, 0.2) is 11.5 Å². The molecule has 3 rings (SSSR count). The van der Waals surface area contributed by atoms with Crippen molar-refractivity contribution < 1.29 is 44.1 Å². The van der Waals surface area contributed by atoms with Crippen LogP contribution < -0.4 is 11.5 Å². The molecular formula is C14H11N5O11S2. The lowest BCUT2D eigenvalue weighted by Gasteiger charge is -1.97. The molecule has 32 heavy (non-hydrogen) atoms. The number of nitrogens with zero attached hydrogens (tertiary/aromatic N) is 3. The lowest BCUT2D eigenvalue weighted by molar-refractivity contribution is -0.384. The monoisotopic (exact) mass is 489 g/mol. The summed E-state index contributed by atoms with van der Waals surface area (Å²) in [5.41, 5.74) is 8.90. The molecule has 3 aromatic rings. The zero-order chi connectivity index (χ0) is 23.8. The predicted molar refractivity (Wildman–Crippen MR) is 104 cm³/mol. The largest absolute Gasteiger partial charge is 0.443 e. The summed E-state index contributed by atoms with van der Waals surface area (Å²) in [7, 11) is -9.58. The fourth-order valence-electron chi connectivity index (χ4n) is 2.43. The second-order valence-electron chi connectivity index (χ2n) is 5.73. The van der Waals surface area contributed by atoms with Crippen LogP contribution in [0.4, 0.5) is 5.69 Å². The Balaban J connectivity index is 2.33. The van der Waals surface area contributed by atoms with E-state index in [1.165, 1.54) is 0 Å². The zero-order valence-corrected chi connectivity index (χ0v) is 16.9. The van der Waals surface area contributed by atoms with Crippen molar-refractivity contribution in [2.24, 2.45) is 21.7 Å². The molecule has 170 valence electrons. The van der Waals surface area contributed by atoms with Crippen molar-refractivity contribution >= 4 is 38.1 Å².